The van der Waals surface area contributed by atoms with Crippen LogP contribution in [0.4, 0.5) is 0 Å². The van der Waals surface area contributed by atoms with Crippen molar-refractivity contribution in [3.63, 3.8) is 0 Å². The highest BCUT2D eigenvalue weighted by atomic mass is 16.2. The Morgan fingerprint density at radius 3 is 2.48 bits per heavy atom. The van der Waals surface area contributed by atoms with E-state index in [1.54, 1.807) is 18.0 Å². The summed E-state index contributed by atoms with van der Waals surface area (Å²) in [5.41, 5.74) is 2.39. The Bertz CT molecular complexity index is 964. The standard InChI is InChI=1S/C24H27N3O2/c1-5-24(14-18-11-7-6-8-12-18)23(29)26-21(22(28)27(24)4)17(3)20-16(2)10-9-13-19(20)15-25/h6-13,17,21H,5,14H2,1-4H3,(H,26,29). The fourth-order valence-electron chi connectivity index (χ4n) is 4.45. The molecule has 29 heavy (non-hydrogen) atoms. The number of carbonyl (C=O) groups is 2. The Kier molecular flexibility index (Phi) is 5.74. The molecule has 1 fully saturated rings. The van der Waals surface area contributed by atoms with Gasteiger partial charge in [0.2, 0.25) is 11.8 Å². The van der Waals surface area contributed by atoms with Crippen molar-refractivity contribution in [1.82, 2.24) is 10.2 Å². The molecule has 3 atom stereocenters. The summed E-state index contributed by atoms with van der Waals surface area (Å²) in [4.78, 5) is 28.3. The summed E-state index contributed by atoms with van der Waals surface area (Å²) in [6.45, 7) is 5.76. The number of nitrogens with zero attached hydrogens (tertiary/aromatic N) is 2. The second kappa shape index (κ2) is 8.08. The van der Waals surface area contributed by atoms with E-state index in [-0.39, 0.29) is 17.7 Å². The highest BCUT2D eigenvalue weighted by Crippen LogP contribution is 2.34. The molecule has 3 unspecified atom stereocenters. The lowest BCUT2D eigenvalue weighted by Crippen LogP contribution is -2.71. The zero-order valence-corrected chi connectivity index (χ0v) is 17.4. The molecule has 1 heterocycles. The van der Waals surface area contributed by atoms with Crippen molar-refractivity contribution in [2.75, 3.05) is 7.05 Å². The maximum absolute atomic E-state index is 13.4. The monoisotopic (exact) mass is 389 g/mol. The van der Waals surface area contributed by atoms with E-state index in [1.807, 2.05) is 63.2 Å². The number of rotatable bonds is 5. The molecule has 1 aliphatic rings. The Hall–Kier alpha value is -3.13. The van der Waals surface area contributed by atoms with Gasteiger partial charge in [0.25, 0.3) is 0 Å². The molecular weight excluding hydrogens is 362 g/mol. The highest BCUT2D eigenvalue weighted by Gasteiger charge is 2.51. The summed E-state index contributed by atoms with van der Waals surface area (Å²) in [5, 5.41) is 12.5. The molecule has 0 aliphatic carbocycles. The Morgan fingerprint density at radius 1 is 1.17 bits per heavy atom. The molecule has 150 valence electrons. The fraction of sp³-hybridized carbons (Fsp3) is 0.375. The number of benzene rings is 2. The van der Waals surface area contributed by atoms with Gasteiger partial charge in [-0.05, 0) is 36.1 Å². The van der Waals surface area contributed by atoms with Crippen LogP contribution in [0, 0.1) is 18.3 Å². The maximum Gasteiger partial charge on any atom is 0.246 e. The molecule has 0 bridgehead atoms. The smallest absolute Gasteiger partial charge is 0.246 e. The second-order valence-electron chi connectivity index (χ2n) is 7.83. The van der Waals surface area contributed by atoms with Crippen molar-refractivity contribution in [2.45, 2.75) is 51.1 Å². The van der Waals surface area contributed by atoms with E-state index in [1.165, 1.54) is 0 Å². The maximum atomic E-state index is 13.4. The lowest BCUT2D eigenvalue weighted by molar-refractivity contribution is -0.156. The Labute approximate surface area is 172 Å². The molecule has 5 nitrogen and oxygen atoms in total. The van der Waals surface area contributed by atoms with Gasteiger partial charge in [0, 0.05) is 19.4 Å². The van der Waals surface area contributed by atoms with Gasteiger partial charge in [-0.1, -0.05) is 56.3 Å². The van der Waals surface area contributed by atoms with Crippen LogP contribution in [0.15, 0.2) is 48.5 Å². The third-order valence-corrected chi connectivity index (χ3v) is 6.27. The van der Waals surface area contributed by atoms with Gasteiger partial charge in [0.15, 0.2) is 0 Å². The summed E-state index contributed by atoms with van der Waals surface area (Å²) in [5.74, 6) is -0.576. The van der Waals surface area contributed by atoms with Crippen LogP contribution < -0.4 is 5.32 Å². The zero-order valence-electron chi connectivity index (χ0n) is 17.4. The zero-order chi connectivity index (χ0) is 21.2. The topological polar surface area (TPSA) is 73.2 Å². The predicted molar refractivity (Wildman–Crippen MR) is 112 cm³/mol. The minimum Gasteiger partial charge on any atom is -0.342 e. The predicted octanol–water partition coefficient (Wildman–Crippen LogP) is 3.32. The number of carbonyl (C=O) groups excluding carboxylic acids is 2. The van der Waals surface area contributed by atoms with Crippen LogP contribution in [0.1, 0.15) is 48.4 Å². The molecule has 1 saturated heterocycles. The number of likely N-dealkylation sites (N-methyl/N-ethyl adjacent to an activating group) is 1. The van der Waals surface area contributed by atoms with Crippen molar-refractivity contribution in [1.29, 1.82) is 5.26 Å². The first-order chi connectivity index (χ1) is 13.9. The molecule has 1 aliphatic heterocycles. The van der Waals surface area contributed by atoms with E-state index in [4.69, 9.17) is 0 Å². The average Bonchev–Trinajstić information content (AvgIpc) is 2.73. The summed E-state index contributed by atoms with van der Waals surface area (Å²) >= 11 is 0. The van der Waals surface area contributed by atoms with Gasteiger partial charge >= 0.3 is 0 Å². The van der Waals surface area contributed by atoms with E-state index in [9.17, 15) is 14.9 Å². The molecule has 3 rings (SSSR count). The first-order valence-corrected chi connectivity index (χ1v) is 9.98. The van der Waals surface area contributed by atoms with Gasteiger partial charge in [0.1, 0.15) is 11.6 Å². The van der Waals surface area contributed by atoms with E-state index in [0.717, 1.165) is 16.7 Å². The van der Waals surface area contributed by atoms with Crippen molar-refractivity contribution in [3.8, 4) is 6.07 Å². The minimum absolute atomic E-state index is 0.123. The summed E-state index contributed by atoms with van der Waals surface area (Å²) < 4.78 is 0. The SMILES string of the molecule is CCC1(Cc2ccccc2)C(=O)NC(C(C)c2c(C)cccc2C#N)C(=O)N1C. The molecule has 0 saturated carbocycles. The number of piperazine rings is 1. The van der Waals surface area contributed by atoms with Crippen molar-refractivity contribution in [3.05, 3.63) is 70.8 Å². The molecule has 2 aromatic rings. The van der Waals surface area contributed by atoms with Gasteiger partial charge in [-0.2, -0.15) is 5.26 Å². The van der Waals surface area contributed by atoms with Gasteiger partial charge in [-0.25, -0.2) is 0 Å². The lowest BCUT2D eigenvalue weighted by Gasteiger charge is -2.47. The van der Waals surface area contributed by atoms with Crippen LogP contribution >= 0.6 is 0 Å². The average molecular weight is 389 g/mol. The van der Waals surface area contributed by atoms with Crippen LogP contribution in [0.5, 0.6) is 0 Å². The number of amides is 2. The summed E-state index contributed by atoms with van der Waals surface area (Å²) in [6.07, 6.45) is 0.984. The number of nitrogens with one attached hydrogen (secondary N) is 1. The fourth-order valence-corrected chi connectivity index (χ4v) is 4.45. The Morgan fingerprint density at radius 2 is 1.86 bits per heavy atom. The van der Waals surface area contributed by atoms with Crippen molar-refractivity contribution >= 4 is 11.8 Å². The van der Waals surface area contributed by atoms with Crippen LogP contribution in [0.2, 0.25) is 0 Å². The molecule has 2 amide bonds. The first kappa shape index (κ1) is 20.6. The largest absolute Gasteiger partial charge is 0.342 e. The van der Waals surface area contributed by atoms with Gasteiger partial charge < -0.3 is 10.2 Å². The van der Waals surface area contributed by atoms with Gasteiger partial charge in [0.05, 0.1) is 11.6 Å². The first-order valence-electron chi connectivity index (χ1n) is 9.98. The van der Waals surface area contributed by atoms with Gasteiger partial charge in [-0.3, -0.25) is 9.59 Å². The van der Waals surface area contributed by atoms with E-state index >= 15 is 0 Å². The Balaban J connectivity index is 1.95. The minimum atomic E-state index is -0.918. The molecule has 0 radical (unpaired) electrons. The van der Waals surface area contributed by atoms with E-state index < -0.39 is 11.6 Å². The molecular formula is C24H27N3O2. The quantitative estimate of drug-likeness (QED) is 0.853. The van der Waals surface area contributed by atoms with Crippen molar-refractivity contribution < 1.29 is 9.59 Å². The molecule has 0 aromatic heterocycles. The number of nitriles is 1. The van der Waals surface area contributed by atoms with Crippen LogP contribution in [0.3, 0.4) is 0 Å². The highest BCUT2D eigenvalue weighted by molar-refractivity contribution is 6.00. The summed E-state index contributed by atoms with van der Waals surface area (Å²) in [6, 6.07) is 16.8. The van der Waals surface area contributed by atoms with Crippen LogP contribution in [-0.4, -0.2) is 35.3 Å². The number of aryl methyl sites for hydroxylation is 1. The lowest BCUT2D eigenvalue weighted by atomic mass is 9.79. The third kappa shape index (κ3) is 3.51. The third-order valence-electron chi connectivity index (χ3n) is 6.27. The van der Waals surface area contributed by atoms with Crippen molar-refractivity contribution in [2.24, 2.45) is 0 Å². The van der Waals surface area contributed by atoms with Crippen LogP contribution in [0.25, 0.3) is 0 Å². The molecule has 1 N–H and O–H groups in total. The second-order valence-corrected chi connectivity index (χ2v) is 7.83. The van der Waals surface area contributed by atoms with E-state index in [0.29, 0.717) is 18.4 Å². The summed E-state index contributed by atoms with van der Waals surface area (Å²) in [7, 11) is 1.72. The number of hydrogen-bond acceptors (Lipinski definition) is 3. The number of hydrogen-bond donors (Lipinski definition) is 1. The normalized spacial score (nSPS) is 22.7. The van der Waals surface area contributed by atoms with Gasteiger partial charge in [-0.15, -0.1) is 0 Å². The van der Waals surface area contributed by atoms with E-state index in [2.05, 4.69) is 11.4 Å². The molecule has 2 aromatic carbocycles. The molecule has 0 spiro atoms. The molecule has 5 heteroatoms. The van der Waals surface area contributed by atoms with Crippen LogP contribution in [-0.2, 0) is 16.0 Å².